The molecule has 0 bridgehead atoms. The van der Waals surface area contributed by atoms with Gasteiger partial charge in [-0.2, -0.15) is 0 Å². The summed E-state index contributed by atoms with van der Waals surface area (Å²) in [5.74, 6) is 8.09. The van der Waals surface area contributed by atoms with Gasteiger partial charge in [0.1, 0.15) is 0 Å². The molecule has 0 heterocycles. The zero-order valence-electron chi connectivity index (χ0n) is 8.35. The molecular weight excluding hydrogens is 148 g/mol. The molecule has 0 aromatic carbocycles. The van der Waals surface area contributed by atoms with Crippen molar-refractivity contribution in [3.8, 4) is 12.3 Å². The Labute approximate surface area is 75.9 Å². The molecule has 70 valence electrons. The fourth-order valence-electron chi connectivity index (χ4n) is 1.17. The summed E-state index contributed by atoms with van der Waals surface area (Å²) in [6.07, 6.45) is 8.04. The summed E-state index contributed by atoms with van der Waals surface area (Å²) in [5, 5.41) is 0. The molecule has 0 aromatic heterocycles. The molecule has 2 nitrogen and oxygen atoms in total. The molecule has 0 saturated heterocycles. The predicted molar refractivity (Wildman–Crippen MR) is 53.3 cm³/mol. The average Bonchev–Trinajstić information content (AvgIpc) is 2.05. The summed E-state index contributed by atoms with van der Waals surface area (Å²) in [4.78, 5) is 0. The minimum atomic E-state index is 0.228. The minimum absolute atomic E-state index is 0.228. The van der Waals surface area contributed by atoms with Crippen LogP contribution in [0, 0.1) is 17.8 Å². The van der Waals surface area contributed by atoms with Crippen molar-refractivity contribution in [1.29, 1.82) is 0 Å². The second-order valence-electron chi connectivity index (χ2n) is 3.80. The van der Waals surface area contributed by atoms with Crippen LogP contribution in [0.2, 0.25) is 0 Å². The third-order valence-electron chi connectivity index (χ3n) is 2.63. The Kier molecular flexibility index (Phi) is 4.96. The van der Waals surface area contributed by atoms with Gasteiger partial charge in [0.15, 0.2) is 0 Å². The zero-order chi connectivity index (χ0) is 9.61. The van der Waals surface area contributed by atoms with Gasteiger partial charge in [0.05, 0.1) is 0 Å². The van der Waals surface area contributed by atoms with Crippen LogP contribution in [0.15, 0.2) is 0 Å². The molecule has 2 heteroatoms. The van der Waals surface area contributed by atoms with Crippen LogP contribution in [0.3, 0.4) is 0 Å². The van der Waals surface area contributed by atoms with Gasteiger partial charge in [-0.25, -0.2) is 0 Å². The van der Waals surface area contributed by atoms with E-state index in [0.717, 1.165) is 19.3 Å². The van der Waals surface area contributed by atoms with Gasteiger partial charge in [0, 0.05) is 12.5 Å². The summed E-state index contributed by atoms with van der Waals surface area (Å²) < 4.78 is 0. The fourth-order valence-corrected chi connectivity index (χ4v) is 1.17. The van der Waals surface area contributed by atoms with Crippen LogP contribution in [0.4, 0.5) is 0 Å². The molecule has 0 aliphatic rings. The van der Waals surface area contributed by atoms with E-state index in [-0.39, 0.29) is 5.41 Å². The van der Waals surface area contributed by atoms with E-state index in [9.17, 15) is 0 Å². The molecule has 0 saturated carbocycles. The van der Waals surface area contributed by atoms with E-state index in [1.54, 1.807) is 0 Å². The van der Waals surface area contributed by atoms with Crippen molar-refractivity contribution in [3.05, 3.63) is 0 Å². The van der Waals surface area contributed by atoms with Crippen LogP contribution in [-0.4, -0.2) is 6.04 Å². The van der Waals surface area contributed by atoms with Crippen LogP contribution in [0.5, 0.6) is 0 Å². The number of rotatable bonds is 5. The van der Waals surface area contributed by atoms with Gasteiger partial charge in [-0.05, 0) is 18.3 Å². The molecular formula is C10H20N2. The van der Waals surface area contributed by atoms with Gasteiger partial charge < -0.3 is 0 Å². The van der Waals surface area contributed by atoms with Crippen LogP contribution in [0.1, 0.15) is 40.0 Å². The lowest BCUT2D eigenvalue weighted by Gasteiger charge is -2.32. The van der Waals surface area contributed by atoms with Crippen molar-refractivity contribution in [2.45, 2.75) is 46.1 Å². The monoisotopic (exact) mass is 168 g/mol. The summed E-state index contributed by atoms with van der Waals surface area (Å²) in [5.41, 5.74) is 3.06. The fraction of sp³-hybridized carbons (Fsp3) is 0.800. The van der Waals surface area contributed by atoms with Gasteiger partial charge in [-0.15, -0.1) is 12.3 Å². The maximum absolute atomic E-state index is 5.46. The quantitative estimate of drug-likeness (QED) is 0.372. The first-order valence-corrected chi connectivity index (χ1v) is 4.48. The lowest BCUT2D eigenvalue weighted by molar-refractivity contribution is 0.223. The van der Waals surface area contributed by atoms with E-state index < -0.39 is 0 Å². The second kappa shape index (κ2) is 5.18. The van der Waals surface area contributed by atoms with Gasteiger partial charge in [-0.1, -0.05) is 20.8 Å². The van der Waals surface area contributed by atoms with Crippen molar-refractivity contribution < 1.29 is 0 Å². The number of hydrazine groups is 1. The molecule has 0 fully saturated rings. The van der Waals surface area contributed by atoms with Crippen LogP contribution in [-0.2, 0) is 0 Å². The maximum Gasteiger partial charge on any atom is 0.0270 e. The van der Waals surface area contributed by atoms with Gasteiger partial charge in [-0.3, -0.25) is 11.3 Å². The summed E-state index contributed by atoms with van der Waals surface area (Å²) >= 11 is 0. The Hall–Kier alpha value is -0.520. The summed E-state index contributed by atoms with van der Waals surface area (Å²) in [7, 11) is 0. The number of terminal acetylenes is 1. The topological polar surface area (TPSA) is 38.0 Å². The molecule has 3 N–H and O–H groups in total. The molecule has 0 radical (unpaired) electrons. The van der Waals surface area contributed by atoms with Crippen LogP contribution < -0.4 is 11.3 Å². The minimum Gasteiger partial charge on any atom is -0.271 e. The number of nitrogens with two attached hydrogens (primary N) is 1. The first-order valence-electron chi connectivity index (χ1n) is 4.48. The molecule has 0 rings (SSSR count). The smallest absolute Gasteiger partial charge is 0.0270 e. The molecule has 0 aromatic rings. The molecule has 0 spiro atoms. The predicted octanol–water partition coefficient (Wildman–Crippen LogP) is 1.67. The highest BCUT2D eigenvalue weighted by Gasteiger charge is 2.25. The Balaban J connectivity index is 4.06. The van der Waals surface area contributed by atoms with Crippen molar-refractivity contribution in [2.75, 3.05) is 0 Å². The highest BCUT2D eigenvalue weighted by molar-refractivity contribution is 4.89. The first kappa shape index (κ1) is 11.5. The van der Waals surface area contributed by atoms with Crippen molar-refractivity contribution in [1.82, 2.24) is 5.43 Å². The molecule has 1 unspecified atom stereocenters. The van der Waals surface area contributed by atoms with Crippen LogP contribution in [0.25, 0.3) is 0 Å². The van der Waals surface area contributed by atoms with Crippen molar-refractivity contribution in [2.24, 2.45) is 11.3 Å². The zero-order valence-corrected chi connectivity index (χ0v) is 8.35. The second-order valence-corrected chi connectivity index (χ2v) is 3.80. The lowest BCUT2D eigenvalue weighted by Crippen LogP contribution is -2.45. The molecule has 0 aliphatic heterocycles. The van der Waals surface area contributed by atoms with E-state index in [2.05, 4.69) is 32.1 Å². The first-order chi connectivity index (χ1) is 5.58. The van der Waals surface area contributed by atoms with E-state index in [1.165, 1.54) is 0 Å². The van der Waals surface area contributed by atoms with E-state index in [4.69, 9.17) is 12.3 Å². The Bertz CT molecular complexity index is 156. The van der Waals surface area contributed by atoms with Crippen LogP contribution >= 0.6 is 0 Å². The highest BCUT2D eigenvalue weighted by atomic mass is 15.2. The molecule has 0 amide bonds. The van der Waals surface area contributed by atoms with E-state index in [0.29, 0.717) is 6.04 Å². The van der Waals surface area contributed by atoms with E-state index in [1.807, 2.05) is 0 Å². The largest absolute Gasteiger partial charge is 0.271 e. The molecule has 12 heavy (non-hydrogen) atoms. The third-order valence-corrected chi connectivity index (χ3v) is 2.63. The average molecular weight is 168 g/mol. The number of hydrogen-bond acceptors (Lipinski definition) is 2. The highest BCUT2D eigenvalue weighted by Crippen LogP contribution is 2.26. The Morgan fingerprint density at radius 3 is 2.50 bits per heavy atom. The summed E-state index contributed by atoms with van der Waals surface area (Å²) in [6.45, 7) is 6.57. The van der Waals surface area contributed by atoms with Crippen molar-refractivity contribution in [3.63, 3.8) is 0 Å². The lowest BCUT2D eigenvalue weighted by atomic mass is 9.80. The normalized spacial score (nSPS) is 13.9. The Morgan fingerprint density at radius 1 is 1.58 bits per heavy atom. The molecule has 1 atom stereocenters. The van der Waals surface area contributed by atoms with Crippen molar-refractivity contribution >= 4 is 0 Å². The molecule has 0 aliphatic carbocycles. The SMILES string of the molecule is C#CCCC(NN)C(C)(C)CC. The number of hydrogen-bond donors (Lipinski definition) is 2. The maximum atomic E-state index is 5.46. The third kappa shape index (κ3) is 3.25. The van der Waals surface area contributed by atoms with Gasteiger partial charge in [0.2, 0.25) is 0 Å². The van der Waals surface area contributed by atoms with E-state index >= 15 is 0 Å². The van der Waals surface area contributed by atoms with Gasteiger partial charge >= 0.3 is 0 Å². The summed E-state index contributed by atoms with van der Waals surface area (Å²) in [6, 6.07) is 0.318. The van der Waals surface area contributed by atoms with Gasteiger partial charge in [0.25, 0.3) is 0 Å². The standard InChI is InChI=1S/C10H20N2/c1-5-7-8-9(12-11)10(3,4)6-2/h1,9,12H,6-8,11H2,2-4H3. The number of nitrogens with one attached hydrogen (secondary N) is 1. The Morgan fingerprint density at radius 2 is 2.17 bits per heavy atom.